The minimum atomic E-state index is -0.163. The second-order valence-electron chi connectivity index (χ2n) is 6.24. The minimum Gasteiger partial charge on any atom is -0.326 e. The summed E-state index contributed by atoms with van der Waals surface area (Å²) in [5, 5.41) is 7.08. The van der Waals surface area contributed by atoms with E-state index in [4.69, 9.17) is 0 Å². The summed E-state index contributed by atoms with van der Waals surface area (Å²) in [7, 11) is 0. The molecular formula is C20H21N3O2. The summed E-state index contributed by atoms with van der Waals surface area (Å²) in [4.78, 5) is 23.8. The van der Waals surface area contributed by atoms with E-state index < -0.39 is 0 Å². The molecule has 25 heavy (non-hydrogen) atoms. The first-order valence-corrected chi connectivity index (χ1v) is 8.40. The zero-order valence-corrected chi connectivity index (χ0v) is 14.2. The highest BCUT2D eigenvalue weighted by atomic mass is 16.2. The third-order valence-corrected chi connectivity index (χ3v) is 4.05. The highest BCUT2D eigenvalue weighted by Crippen LogP contribution is 2.30. The molecule has 2 amide bonds. The van der Waals surface area contributed by atoms with Crippen LogP contribution in [0.3, 0.4) is 0 Å². The van der Waals surface area contributed by atoms with Crippen molar-refractivity contribution < 1.29 is 9.59 Å². The number of hydrogen-bond acceptors (Lipinski definition) is 3. The maximum Gasteiger partial charge on any atom is 0.244 e. The molecule has 0 atom stereocenters. The molecule has 2 N–H and O–H groups in total. The van der Waals surface area contributed by atoms with E-state index in [0.717, 1.165) is 29.7 Å². The predicted molar refractivity (Wildman–Crippen MR) is 98.3 cm³/mol. The van der Waals surface area contributed by atoms with Crippen LogP contribution in [-0.4, -0.2) is 17.5 Å². The topological polar surface area (TPSA) is 70.6 Å². The van der Waals surface area contributed by atoms with Crippen molar-refractivity contribution in [3.05, 3.63) is 65.7 Å². The van der Waals surface area contributed by atoms with Gasteiger partial charge in [0.1, 0.15) is 0 Å². The molecule has 5 nitrogen and oxygen atoms in total. The van der Waals surface area contributed by atoms with Crippen LogP contribution in [0, 0.1) is 5.92 Å². The maximum atomic E-state index is 12.0. The molecule has 5 heteroatoms. The largest absolute Gasteiger partial charge is 0.326 e. The van der Waals surface area contributed by atoms with Gasteiger partial charge in [0.15, 0.2) is 0 Å². The maximum absolute atomic E-state index is 12.0. The van der Waals surface area contributed by atoms with Crippen LogP contribution in [0.25, 0.3) is 0 Å². The van der Waals surface area contributed by atoms with Gasteiger partial charge in [0.05, 0.1) is 12.1 Å². The minimum absolute atomic E-state index is 0.0721. The van der Waals surface area contributed by atoms with Crippen molar-refractivity contribution in [2.45, 2.75) is 26.2 Å². The number of hydrogen-bond donors (Lipinski definition) is 2. The molecular weight excluding hydrogens is 314 g/mol. The Morgan fingerprint density at radius 3 is 2.56 bits per heavy atom. The van der Waals surface area contributed by atoms with Crippen molar-refractivity contribution in [1.82, 2.24) is 5.43 Å². The van der Waals surface area contributed by atoms with E-state index in [1.54, 1.807) is 0 Å². The van der Waals surface area contributed by atoms with E-state index in [1.165, 1.54) is 0 Å². The van der Waals surface area contributed by atoms with E-state index in [9.17, 15) is 9.59 Å². The van der Waals surface area contributed by atoms with Crippen LogP contribution in [0.1, 0.15) is 30.9 Å². The van der Waals surface area contributed by atoms with Gasteiger partial charge >= 0.3 is 0 Å². The van der Waals surface area contributed by atoms with E-state index >= 15 is 0 Å². The Labute approximate surface area is 147 Å². The molecule has 1 aliphatic carbocycles. The molecule has 0 bridgehead atoms. The van der Waals surface area contributed by atoms with Gasteiger partial charge in [-0.1, -0.05) is 42.5 Å². The van der Waals surface area contributed by atoms with Crippen LogP contribution < -0.4 is 10.7 Å². The summed E-state index contributed by atoms with van der Waals surface area (Å²) in [6.45, 7) is 1.82. The van der Waals surface area contributed by atoms with E-state index in [0.29, 0.717) is 5.71 Å². The molecule has 1 fully saturated rings. The van der Waals surface area contributed by atoms with Gasteiger partial charge in [0.25, 0.3) is 0 Å². The molecule has 0 spiro atoms. The van der Waals surface area contributed by atoms with Crippen molar-refractivity contribution in [2.24, 2.45) is 11.0 Å². The first kappa shape index (κ1) is 16.9. The van der Waals surface area contributed by atoms with E-state index in [2.05, 4.69) is 15.8 Å². The normalized spacial score (nSPS) is 14.0. The first-order valence-electron chi connectivity index (χ1n) is 8.40. The average molecular weight is 335 g/mol. The fourth-order valence-corrected chi connectivity index (χ4v) is 2.44. The molecule has 0 aromatic heterocycles. The number of nitrogens with one attached hydrogen (secondary N) is 2. The zero-order valence-electron chi connectivity index (χ0n) is 14.2. The number of carbonyl (C=O) groups excluding carboxylic acids is 2. The lowest BCUT2D eigenvalue weighted by Gasteiger charge is -2.07. The monoisotopic (exact) mass is 335 g/mol. The Kier molecular flexibility index (Phi) is 5.23. The van der Waals surface area contributed by atoms with Crippen LogP contribution in [0.15, 0.2) is 59.7 Å². The lowest BCUT2D eigenvalue weighted by Crippen LogP contribution is -2.21. The van der Waals surface area contributed by atoms with E-state index in [-0.39, 0.29) is 24.2 Å². The molecule has 0 saturated heterocycles. The number of hydrazone groups is 1. The number of amides is 2. The lowest BCUT2D eigenvalue weighted by molar-refractivity contribution is -0.120. The Morgan fingerprint density at radius 1 is 1.08 bits per heavy atom. The summed E-state index contributed by atoms with van der Waals surface area (Å²) < 4.78 is 0. The van der Waals surface area contributed by atoms with Gasteiger partial charge in [0, 0.05) is 11.6 Å². The molecule has 1 saturated carbocycles. The van der Waals surface area contributed by atoms with Crippen LogP contribution in [0.4, 0.5) is 5.69 Å². The average Bonchev–Trinajstić information content (AvgIpc) is 3.46. The van der Waals surface area contributed by atoms with Gasteiger partial charge in [-0.25, -0.2) is 5.43 Å². The van der Waals surface area contributed by atoms with Crippen molar-refractivity contribution in [1.29, 1.82) is 0 Å². The van der Waals surface area contributed by atoms with E-state index in [1.807, 2.05) is 61.5 Å². The van der Waals surface area contributed by atoms with Gasteiger partial charge in [-0.3, -0.25) is 9.59 Å². The predicted octanol–water partition coefficient (Wildman–Crippen LogP) is 3.12. The number of anilines is 1. The van der Waals surface area contributed by atoms with Crippen LogP contribution in [-0.2, 0) is 16.0 Å². The highest BCUT2D eigenvalue weighted by molar-refractivity contribution is 6.01. The number of nitrogens with zero attached hydrogens (tertiary/aromatic N) is 1. The SMILES string of the molecule is C/C(=N/NC(=O)Cc1ccccc1)c1cccc(NC(=O)C2CC2)c1. The van der Waals surface area contributed by atoms with Crippen LogP contribution in [0.2, 0.25) is 0 Å². The third-order valence-electron chi connectivity index (χ3n) is 4.05. The summed E-state index contributed by atoms with van der Waals surface area (Å²) in [5.74, 6) is 0.0716. The summed E-state index contributed by atoms with van der Waals surface area (Å²) in [5.41, 5.74) is 5.81. The molecule has 2 aromatic rings. The Balaban J connectivity index is 1.59. The van der Waals surface area contributed by atoms with Gasteiger partial charge in [-0.15, -0.1) is 0 Å². The van der Waals surface area contributed by atoms with Crippen LogP contribution in [0.5, 0.6) is 0 Å². The fourth-order valence-electron chi connectivity index (χ4n) is 2.44. The van der Waals surface area contributed by atoms with Gasteiger partial charge < -0.3 is 5.32 Å². The van der Waals surface area contributed by atoms with Crippen molar-refractivity contribution in [3.63, 3.8) is 0 Å². The third kappa shape index (κ3) is 5.01. The van der Waals surface area contributed by atoms with Gasteiger partial charge in [-0.2, -0.15) is 5.10 Å². The Morgan fingerprint density at radius 2 is 1.84 bits per heavy atom. The van der Waals surface area contributed by atoms with Crippen molar-refractivity contribution in [2.75, 3.05) is 5.32 Å². The molecule has 0 unspecified atom stereocenters. The number of carbonyl (C=O) groups is 2. The Hall–Kier alpha value is -2.95. The van der Waals surface area contributed by atoms with Gasteiger partial charge in [0.2, 0.25) is 11.8 Å². The molecule has 128 valence electrons. The first-order chi connectivity index (χ1) is 12.1. The smallest absolute Gasteiger partial charge is 0.244 e. The molecule has 2 aromatic carbocycles. The molecule has 3 rings (SSSR count). The number of benzene rings is 2. The standard InChI is InChI=1S/C20H21N3O2/c1-14(22-23-19(24)12-15-6-3-2-4-7-15)17-8-5-9-18(13-17)21-20(25)16-10-11-16/h2-9,13,16H,10-12H2,1H3,(H,21,25)(H,23,24)/b22-14-. The zero-order chi connectivity index (χ0) is 17.6. The van der Waals surface area contributed by atoms with Crippen LogP contribution >= 0.6 is 0 Å². The lowest BCUT2D eigenvalue weighted by atomic mass is 10.1. The molecule has 0 radical (unpaired) electrons. The second-order valence-corrected chi connectivity index (χ2v) is 6.24. The fraction of sp³-hybridized carbons (Fsp3) is 0.250. The number of rotatable bonds is 6. The summed E-state index contributed by atoms with van der Waals surface area (Å²) >= 11 is 0. The Bertz CT molecular complexity index is 796. The highest BCUT2D eigenvalue weighted by Gasteiger charge is 2.29. The molecule has 0 heterocycles. The van der Waals surface area contributed by atoms with Gasteiger partial charge in [-0.05, 0) is 43.0 Å². The second kappa shape index (κ2) is 7.75. The van der Waals surface area contributed by atoms with Crippen molar-refractivity contribution in [3.8, 4) is 0 Å². The molecule has 0 aliphatic heterocycles. The molecule has 1 aliphatic rings. The summed E-state index contributed by atoms with van der Waals surface area (Å²) in [6.07, 6.45) is 2.23. The van der Waals surface area contributed by atoms with Crippen molar-refractivity contribution >= 4 is 23.2 Å². The summed E-state index contributed by atoms with van der Waals surface area (Å²) in [6, 6.07) is 17.0. The quantitative estimate of drug-likeness (QED) is 0.629.